The quantitative estimate of drug-likeness (QED) is 0.833. The van der Waals surface area contributed by atoms with Crippen LogP contribution in [0.1, 0.15) is 51.6 Å². The third kappa shape index (κ3) is 4.27. The van der Waals surface area contributed by atoms with Crippen LogP contribution in [0.2, 0.25) is 0 Å². The van der Waals surface area contributed by atoms with E-state index in [0.717, 1.165) is 43.8 Å². The molecule has 1 unspecified atom stereocenters. The van der Waals surface area contributed by atoms with Gasteiger partial charge in [-0.1, -0.05) is 19.9 Å². The van der Waals surface area contributed by atoms with Crippen LogP contribution >= 0.6 is 0 Å². The standard InChI is InChI=1S/C18H30N2O/c1-4-12-20-17(14-16-7-5-6-13-19-16)18(21-3)10-8-15(2)9-11-18/h5-7,13,15,17,20H,4,8-12,14H2,1-3H3. The molecule has 21 heavy (non-hydrogen) atoms. The number of aromatic nitrogens is 1. The van der Waals surface area contributed by atoms with Crippen molar-refractivity contribution in [2.75, 3.05) is 13.7 Å². The number of hydrogen-bond acceptors (Lipinski definition) is 3. The van der Waals surface area contributed by atoms with E-state index in [4.69, 9.17) is 4.74 Å². The Morgan fingerprint density at radius 3 is 2.71 bits per heavy atom. The van der Waals surface area contributed by atoms with Gasteiger partial charge in [0.1, 0.15) is 0 Å². The van der Waals surface area contributed by atoms with E-state index in [1.807, 2.05) is 19.4 Å². The second-order valence-corrected chi connectivity index (χ2v) is 6.48. The average Bonchev–Trinajstić information content (AvgIpc) is 2.54. The van der Waals surface area contributed by atoms with Crippen LogP contribution in [-0.4, -0.2) is 30.3 Å². The fourth-order valence-electron chi connectivity index (χ4n) is 3.44. The smallest absolute Gasteiger partial charge is 0.0835 e. The van der Waals surface area contributed by atoms with Crippen molar-refractivity contribution >= 4 is 0 Å². The molecule has 0 saturated heterocycles. The first-order chi connectivity index (χ1) is 10.2. The summed E-state index contributed by atoms with van der Waals surface area (Å²) in [7, 11) is 1.88. The highest BCUT2D eigenvalue weighted by atomic mass is 16.5. The number of ether oxygens (including phenoxy) is 1. The zero-order chi connectivity index (χ0) is 15.1. The van der Waals surface area contributed by atoms with E-state index in [1.54, 1.807) is 0 Å². The van der Waals surface area contributed by atoms with Crippen LogP contribution in [0.4, 0.5) is 0 Å². The topological polar surface area (TPSA) is 34.2 Å². The van der Waals surface area contributed by atoms with Crippen molar-refractivity contribution in [1.82, 2.24) is 10.3 Å². The molecule has 1 aromatic rings. The Hall–Kier alpha value is -0.930. The van der Waals surface area contributed by atoms with Gasteiger partial charge in [0.25, 0.3) is 0 Å². The van der Waals surface area contributed by atoms with E-state index in [9.17, 15) is 0 Å². The lowest BCUT2D eigenvalue weighted by atomic mass is 9.74. The molecular weight excluding hydrogens is 260 g/mol. The Kier molecular flexibility index (Phi) is 6.19. The van der Waals surface area contributed by atoms with E-state index < -0.39 is 0 Å². The van der Waals surface area contributed by atoms with Gasteiger partial charge in [0.2, 0.25) is 0 Å². The molecular formula is C18H30N2O. The largest absolute Gasteiger partial charge is 0.377 e. The molecule has 0 spiro atoms. The first-order valence-corrected chi connectivity index (χ1v) is 8.38. The Bertz CT molecular complexity index is 399. The highest BCUT2D eigenvalue weighted by molar-refractivity contribution is 5.09. The normalized spacial score (nSPS) is 27.5. The Labute approximate surface area is 129 Å². The van der Waals surface area contributed by atoms with Crippen LogP contribution in [0.5, 0.6) is 0 Å². The number of hydrogen-bond donors (Lipinski definition) is 1. The molecule has 1 N–H and O–H groups in total. The summed E-state index contributed by atoms with van der Waals surface area (Å²) in [4.78, 5) is 4.51. The van der Waals surface area contributed by atoms with Gasteiger partial charge in [-0.25, -0.2) is 0 Å². The van der Waals surface area contributed by atoms with E-state index in [2.05, 4.69) is 36.3 Å². The van der Waals surface area contributed by atoms with E-state index >= 15 is 0 Å². The van der Waals surface area contributed by atoms with Gasteiger partial charge in [-0.2, -0.15) is 0 Å². The molecule has 118 valence electrons. The lowest BCUT2D eigenvalue weighted by molar-refractivity contribution is -0.0747. The van der Waals surface area contributed by atoms with Crippen molar-refractivity contribution in [3.05, 3.63) is 30.1 Å². The van der Waals surface area contributed by atoms with Crippen molar-refractivity contribution in [2.45, 2.75) is 64.0 Å². The van der Waals surface area contributed by atoms with Gasteiger partial charge in [0.05, 0.1) is 5.60 Å². The van der Waals surface area contributed by atoms with Crippen LogP contribution in [-0.2, 0) is 11.2 Å². The summed E-state index contributed by atoms with van der Waals surface area (Å²) in [6.45, 7) is 5.61. The Balaban J connectivity index is 2.13. The van der Waals surface area contributed by atoms with Gasteiger partial charge >= 0.3 is 0 Å². The Morgan fingerprint density at radius 1 is 1.38 bits per heavy atom. The number of pyridine rings is 1. The van der Waals surface area contributed by atoms with Gasteiger partial charge in [0, 0.05) is 31.5 Å². The number of rotatable bonds is 7. The first-order valence-electron chi connectivity index (χ1n) is 8.38. The number of nitrogens with zero attached hydrogens (tertiary/aromatic N) is 1. The van der Waals surface area contributed by atoms with Crippen molar-refractivity contribution in [3.63, 3.8) is 0 Å². The molecule has 2 rings (SSSR count). The number of nitrogens with one attached hydrogen (secondary N) is 1. The summed E-state index contributed by atoms with van der Waals surface area (Å²) >= 11 is 0. The van der Waals surface area contributed by atoms with E-state index in [0.29, 0.717) is 6.04 Å². The van der Waals surface area contributed by atoms with Gasteiger partial charge in [0.15, 0.2) is 0 Å². The third-order valence-electron chi connectivity index (χ3n) is 4.94. The maximum absolute atomic E-state index is 6.07. The van der Waals surface area contributed by atoms with E-state index in [1.165, 1.54) is 12.8 Å². The van der Waals surface area contributed by atoms with Crippen molar-refractivity contribution in [1.29, 1.82) is 0 Å². The maximum atomic E-state index is 6.07. The molecule has 1 fully saturated rings. The molecule has 0 aromatic carbocycles. The van der Waals surface area contributed by atoms with Crippen LogP contribution in [0.15, 0.2) is 24.4 Å². The molecule has 0 bridgehead atoms. The highest BCUT2D eigenvalue weighted by Gasteiger charge is 2.41. The minimum atomic E-state index is -0.0286. The minimum absolute atomic E-state index is 0.0286. The van der Waals surface area contributed by atoms with Gasteiger partial charge in [-0.15, -0.1) is 0 Å². The van der Waals surface area contributed by atoms with Crippen molar-refractivity contribution in [3.8, 4) is 0 Å². The minimum Gasteiger partial charge on any atom is -0.377 e. The summed E-state index contributed by atoms with van der Waals surface area (Å²) in [6, 6.07) is 6.52. The van der Waals surface area contributed by atoms with Crippen LogP contribution in [0.25, 0.3) is 0 Å². The molecule has 3 heteroatoms. The fraction of sp³-hybridized carbons (Fsp3) is 0.722. The van der Waals surface area contributed by atoms with Crippen molar-refractivity contribution < 1.29 is 4.74 Å². The highest BCUT2D eigenvalue weighted by Crippen LogP contribution is 2.37. The summed E-state index contributed by atoms with van der Waals surface area (Å²) in [5, 5.41) is 3.73. The predicted octanol–water partition coefficient (Wildman–Crippen LogP) is 3.59. The predicted molar refractivity (Wildman–Crippen MR) is 87.4 cm³/mol. The van der Waals surface area contributed by atoms with Gasteiger partial charge in [-0.3, -0.25) is 4.98 Å². The molecule has 0 radical (unpaired) electrons. The number of methoxy groups -OCH3 is 1. The summed E-state index contributed by atoms with van der Waals surface area (Å²) in [5.74, 6) is 0.829. The molecule has 1 aliphatic rings. The summed E-state index contributed by atoms with van der Waals surface area (Å²) in [5.41, 5.74) is 1.13. The zero-order valence-electron chi connectivity index (χ0n) is 13.8. The van der Waals surface area contributed by atoms with Crippen LogP contribution in [0.3, 0.4) is 0 Å². The van der Waals surface area contributed by atoms with Gasteiger partial charge < -0.3 is 10.1 Å². The second kappa shape index (κ2) is 7.90. The molecule has 1 atom stereocenters. The monoisotopic (exact) mass is 290 g/mol. The van der Waals surface area contributed by atoms with E-state index in [-0.39, 0.29) is 5.60 Å². The maximum Gasteiger partial charge on any atom is 0.0835 e. The summed E-state index contributed by atoms with van der Waals surface area (Å²) in [6.07, 6.45) is 8.81. The fourth-order valence-corrected chi connectivity index (χ4v) is 3.44. The molecule has 1 aromatic heterocycles. The zero-order valence-corrected chi connectivity index (χ0v) is 13.8. The average molecular weight is 290 g/mol. The molecule has 0 aliphatic heterocycles. The SMILES string of the molecule is CCCNC(Cc1ccccn1)C1(OC)CCC(C)CC1. The molecule has 3 nitrogen and oxygen atoms in total. The van der Waals surface area contributed by atoms with Crippen LogP contribution in [0, 0.1) is 5.92 Å². The Morgan fingerprint density at radius 2 is 2.14 bits per heavy atom. The third-order valence-corrected chi connectivity index (χ3v) is 4.94. The first kappa shape index (κ1) is 16.4. The lowest BCUT2D eigenvalue weighted by Gasteiger charge is -2.44. The van der Waals surface area contributed by atoms with Gasteiger partial charge in [-0.05, 0) is 56.7 Å². The molecule has 1 aliphatic carbocycles. The lowest BCUT2D eigenvalue weighted by Crippen LogP contribution is -2.55. The van der Waals surface area contributed by atoms with Crippen molar-refractivity contribution in [2.24, 2.45) is 5.92 Å². The van der Waals surface area contributed by atoms with Crippen LogP contribution < -0.4 is 5.32 Å². The molecule has 1 heterocycles. The molecule has 0 amide bonds. The summed E-state index contributed by atoms with van der Waals surface area (Å²) < 4.78 is 6.07. The molecule has 1 saturated carbocycles. The second-order valence-electron chi connectivity index (χ2n) is 6.48.